The third kappa shape index (κ3) is 2.34. The van der Waals surface area contributed by atoms with Gasteiger partial charge < -0.3 is 4.74 Å². The van der Waals surface area contributed by atoms with Crippen molar-refractivity contribution < 1.29 is 14.3 Å². The number of carbonyl (C=O) groups is 2. The average Bonchev–Trinajstić information content (AvgIpc) is 2.16. The van der Waals surface area contributed by atoms with Crippen molar-refractivity contribution >= 4 is 11.8 Å². The fourth-order valence-electron chi connectivity index (χ4n) is 2.18. The van der Waals surface area contributed by atoms with Crippen molar-refractivity contribution in [3.8, 4) is 0 Å². The third-order valence-electron chi connectivity index (χ3n) is 3.07. The molecular weight excluding hydrogens is 180 g/mol. The van der Waals surface area contributed by atoms with Gasteiger partial charge in [-0.1, -0.05) is 13.8 Å². The zero-order valence-corrected chi connectivity index (χ0v) is 9.08. The number of rotatable bonds is 2. The fourth-order valence-corrected chi connectivity index (χ4v) is 2.18. The van der Waals surface area contributed by atoms with E-state index in [9.17, 15) is 9.59 Å². The molecule has 2 atom stereocenters. The molecule has 1 saturated carbocycles. The van der Waals surface area contributed by atoms with E-state index in [2.05, 4.69) is 13.8 Å². The molecule has 1 rings (SSSR count). The van der Waals surface area contributed by atoms with Crippen LogP contribution in [0.25, 0.3) is 0 Å². The van der Waals surface area contributed by atoms with Gasteiger partial charge >= 0.3 is 5.97 Å². The molecular formula is C11H18O3. The van der Waals surface area contributed by atoms with Crippen LogP contribution in [0.1, 0.15) is 33.1 Å². The van der Waals surface area contributed by atoms with E-state index in [0.717, 1.165) is 0 Å². The molecule has 0 unspecified atom stereocenters. The van der Waals surface area contributed by atoms with Crippen LogP contribution in [0, 0.1) is 17.8 Å². The van der Waals surface area contributed by atoms with Gasteiger partial charge in [-0.05, 0) is 18.3 Å². The zero-order valence-electron chi connectivity index (χ0n) is 9.08. The van der Waals surface area contributed by atoms with Crippen molar-refractivity contribution in [3.05, 3.63) is 0 Å². The number of methoxy groups -OCH3 is 1. The molecule has 1 fully saturated rings. The lowest BCUT2D eigenvalue weighted by molar-refractivity contribution is -0.150. The van der Waals surface area contributed by atoms with Crippen LogP contribution in [-0.4, -0.2) is 18.9 Å². The Bertz CT molecular complexity index is 233. The van der Waals surface area contributed by atoms with Crippen molar-refractivity contribution in [1.82, 2.24) is 0 Å². The van der Waals surface area contributed by atoms with Crippen molar-refractivity contribution in [2.75, 3.05) is 7.11 Å². The van der Waals surface area contributed by atoms with E-state index in [1.165, 1.54) is 7.11 Å². The first kappa shape index (κ1) is 11.2. The number of esters is 1. The lowest BCUT2D eigenvalue weighted by Crippen LogP contribution is -2.34. The Labute approximate surface area is 84.8 Å². The van der Waals surface area contributed by atoms with Crippen molar-refractivity contribution in [2.24, 2.45) is 17.8 Å². The van der Waals surface area contributed by atoms with Crippen LogP contribution in [-0.2, 0) is 14.3 Å². The molecule has 80 valence electrons. The molecule has 0 amide bonds. The standard InChI is InChI=1S/C11H18O3/c1-7(2)10-6-8(12)4-5-9(10)11(13)14-3/h7,9-10H,4-6H2,1-3H3/t9-,10+/m1/s1. The van der Waals surface area contributed by atoms with Gasteiger partial charge in [0.25, 0.3) is 0 Å². The summed E-state index contributed by atoms with van der Waals surface area (Å²) >= 11 is 0. The van der Waals surface area contributed by atoms with Gasteiger partial charge in [-0.25, -0.2) is 0 Å². The van der Waals surface area contributed by atoms with Crippen LogP contribution in [0.5, 0.6) is 0 Å². The molecule has 1 aliphatic carbocycles. The van der Waals surface area contributed by atoms with E-state index in [-0.39, 0.29) is 23.6 Å². The second kappa shape index (κ2) is 4.58. The maximum Gasteiger partial charge on any atom is 0.308 e. The minimum absolute atomic E-state index is 0.0716. The molecule has 3 heteroatoms. The van der Waals surface area contributed by atoms with Gasteiger partial charge in [-0.2, -0.15) is 0 Å². The predicted octanol–water partition coefficient (Wildman–Crippen LogP) is 1.80. The zero-order chi connectivity index (χ0) is 10.7. The van der Waals surface area contributed by atoms with Gasteiger partial charge in [0.2, 0.25) is 0 Å². The molecule has 0 aromatic rings. The molecule has 0 spiro atoms. The summed E-state index contributed by atoms with van der Waals surface area (Å²) in [6.45, 7) is 4.11. The number of carbonyl (C=O) groups excluding carboxylic acids is 2. The average molecular weight is 198 g/mol. The van der Waals surface area contributed by atoms with E-state index >= 15 is 0 Å². The summed E-state index contributed by atoms with van der Waals surface area (Å²) in [4.78, 5) is 22.7. The predicted molar refractivity (Wildman–Crippen MR) is 52.7 cm³/mol. The number of ether oxygens (including phenoxy) is 1. The van der Waals surface area contributed by atoms with Gasteiger partial charge in [-0.3, -0.25) is 9.59 Å². The van der Waals surface area contributed by atoms with Crippen molar-refractivity contribution in [3.63, 3.8) is 0 Å². The first-order valence-corrected chi connectivity index (χ1v) is 5.15. The minimum Gasteiger partial charge on any atom is -0.469 e. The second-order valence-corrected chi connectivity index (χ2v) is 4.32. The van der Waals surface area contributed by atoms with Gasteiger partial charge in [0.15, 0.2) is 0 Å². The van der Waals surface area contributed by atoms with E-state index in [4.69, 9.17) is 4.74 Å². The van der Waals surface area contributed by atoms with Crippen LogP contribution in [0.3, 0.4) is 0 Å². The van der Waals surface area contributed by atoms with Gasteiger partial charge in [0, 0.05) is 12.8 Å². The number of hydrogen-bond acceptors (Lipinski definition) is 3. The quantitative estimate of drug-likeness (QED) is 0.635. The molecule has 0 bridgehead atoms. The van der Waals surface area contributed by atoms with Crippen LogP contribution in [0.2, 0.25) is 0 Å². The fraction of sp³-hybridized carbons (Fsp3) is 0.818. The number of hydrogen-bond donors (Lipinski definition) is 0. The lowest BCUT2D eigenvalue weighted by Gasteiger charge is -2.31. The van der Waals surface area contributed by atoms with Crippen molar-refractivity contribution in [2.45, 2.75) is 33.1 Å². The van der Waals surface area contributed by atoms with E-state index in [1.54, 1.807) is 0 Å². The van der Waals surface area contributed by atoms with E-state index < -0.39 is 0 Å². The molecule has 0 aromatic heterocycles. The Morgan fingerprint density at radius 2 is 2.14 bits per heavy atom. The maximum absolute atomic E-state index is 11.5. The van der Waals surface area contributed by atoms with Crippen LogP contribution >= 0.6 is 0 Å². The smallest absolute Gasteiger partial charge is 0.308 e. The largest absolute Gasteiger partial charge is 0.469 e. The summed E-state index contributed by atoms with van der Waals surface area (Å²) in [5, 5.41) is 0. The highest BCUT2D eigenvalue weighted by Crippen LogP contribution is 2.34. The molecule has 0 radical (unpaired) electrons. The SMILES string of the molecule is COC(=O)[C@@H]1CCC(=O)C[C@H]1C(C)C. The Morgan fingerprint density at radius 3 is 2.64 bits per heavy atom. The van der Waals surface area contributed by atoms with Crippen LogP contribution < -0.4 is 0 Å². The van der Waals surface area contributed by atoms with E-state index in [1.807, 2.05) is 0 Å². The van der Waals surface area contributed by atoms with Gasteiger partial charge in [0.05, 0.1) is 13.0 Å². The Morgan fingerprint density at radius 1 is 1.50 bits per heavy atom. The summed E-state index contributed by atoms with van der Waals surface area (Å²) < 4.78 is 4.76. The Balaban J connectivity index is 2.72. The number of ketones is 1. The monoisotopic (exact) mass is 198 g/mol. The molecule has 0 aliphatic heterocycles. The molecule has 1 aliphatic rings. The molecule has 0 heterocycles. The lowest BCUT2D eigenvalue weighted by atomic mass is 9.73. The Hall–Kier alpha value is -0.860. The Kier molecular flexibility index (Phi) is 3.67. The first-order valence-electron chi connectivity index (χ1n) is 5.15. The second-order valence-electron chi connectivity index (χ2n) is 4.32. The molecule has 14 heavy (non-hydrogen) atoms. The van der Waals surface area contributed by atoms with E-state index in [0.29, 0.717) is 25.2 Å². The number of Topliss-reactive ketones (excluding diaryl/α,β-unsaturated/α-hetero) is 1. The highest BCUT2D eigenvalue weighted by molar-refractivity contribution is 5.83. The maximum atomic E-state index is 11.5. The highest BCUT2D eigenvalue weighted by Gasteiger charge is 2.36. The summed E-state index contributed by atoms with van der Waals surface area (Å²) in [7, 11) is 1.41. The highest BCUT2D eigenvalue weighted by atomic mass is 16.5. The van der Waals surface area contributed by atoms with Crippen LogP contribution in [0.15, 0.2) is 0 Å². The molecule has 0 saturated heterocycles. The topological polar surface area (TPSA) is 43.4 Å². The first-order chi connectivity index (χ1) is 6.56. The summed E-state index contributed by atoms with van der Waals surface area (Å²) in [5.41, 5.74) is 0. The molecule has 0 N–H and O–H groups in total. The summed E-state index contributed by atoms with van der Waals surface area (Å²) in [6, 6.07) is 0. The molecule has 0 aromatic carbocycles. The van der Waals surface area contributed by atoms with Gasteiger partial charge in [-0.15, -0.1) is 0 Å². The van der Waals surface area contributed by atoms with Crippen molar-refractivity contribution in [1.29, 1.82) is 0 Å². The molecule has 3 nitrogen and oxygen atoms in total. The van der Waals surface area contributed by atoms with Crippen LogP contribution in [0.4, 0.5) is 0 Å². The third-order valence-corrected chi connectivity index (χ3v) is 3.07. The summed E-state index contributed by atoms with van der Waals surface area (Å²) in [6.07, 6.45) is 1.73. The normalized spacial score (nSPS) is 27.9. The van der Waals surface area contributed by atoms with Gasteiger partial charge in [0.1, 0.15) is 5.78 Å². The minimum atomic E-state index is -0.156. The summed E-state index contributed by atoms with van der Waals surface area (Å²) in [5.74, 6) is 0.588.